The first-order chi connectivity index (χ1) is 7.52. The second-order valence-corrected chi connectivity index (χ2v) is 3.39. The molecule has 0 aliphatic rings. The molecule has 0 fully saturated rings. The summed E-state index contributed by atoms with van der Waals surface area (Å²) in [7, 11) is 3.39. The van der Waals surface area contributed by atoms with Gasteiger partial charge in [-0.3, -0.25) is 0 Å². The highest BCUT2D eigenvalue weighted by Gasteiger charge is 2.19. The van der Waals surface area contributed by atoms with E-state index in [0.717, 1.165) is 0 Å². The van der Waals surface area contributed by atoms with Crippen molar-refractivity contribution in [3.05, 3.63) is 12.7 Å². The third kappa shape index (κ3) is 5.35. The van der Waals surface area contributed by atoms with Gasteiger partial charge < -0.3 is 20.6 Å². The van der Waals surface area contributed by atoms with Crippen molar-refractivity contribution in [1.29, 1.82) is 0 Å². The molecule has 0 heterocycles. The van der Waals surface area contributed by atoms with E-state index in [4.69, 9.17) is 5.11 Å². The summed E-state index contributed by atoms with van der Waals surface area (Å²) < 4.78 is 0. The van der Waals surface area contributed by atoms with Gasteiger partial charge in [-0.2, -0.15) is 0 Å². The Labute approximate surface area is 95.3 Å². The van der Waals surface area contributed by atoms with Crippen LogP contribution in [-0.4, -0.2) is 55.2 Å². The molecular weight excluding hydrogens is 210 g/mol. The minimum atomic E-state index is -1.06. The molecule has 0 aromatic heterocycles. The summed E-state index contributed by atoms with van der Waals surface area (Å²) in [5.41, 5.74) is 0. The average molecular weight is 229 g/mol. The molecule has 0 saturated heterocycles. The van der Waals surface area contributed by atoms with Gasteiger partial charge in [-0.1, -0.05) is 6.08 Å². The molecule has 6 nitrogen and oxygen atoms in total. The van der Waals surface area contributed by atoms with Crippen LogP contribution in [0.15, 0.2) is 12.7 Å². The van der Waals surface area contributed by atoms with Crippen molar-refractivity contribution < 1.29 is 14.7 Å². The molecule has 0 saturated carbocycles. The number of carbonyl (C=O) groups excluding carboxylic acids is 1. The summed E-state index contributed by atoms with van der Waals surface area (Å²) >= 11 is 0. The second-order valence-electron chi connectivity index (χ2n) is 3.39. The number of hydrogen-bond donors (Lipinski definition) is 3. The van der Waals surface area contributed by atoms with Crippen LogP contribution in [0, 0.1) is 0 Å². The number of hydrogen-bond acceptors (Lipinski definition) is 3. The Morgan fingerprint density at radius 3 is 2.62 bits per heavy atom. The highest BCUT2D eigenvalue weighted by Crippen LogP contribution is 1.95. The van der Waals surface area contributed by atoms with Crippen LogP contribution in [0.25, 0.3) is 0 Å². The van der Waals surface area contributed by atoms with Crippen molar-refractivity contribution in [2.75, 3.05) is 27.2 Å². The summed E-state index contributed by atoms with van der Waals surface area (Å²) in [6.07, 6.45) is 1.67. The minimum Gasteiger partial charge on any atom is -0.480 e. The smallest absolute Gasteiger partial charge is 0.326 e. The molecule has 0 aliphatic carbocycles. The van der Waals surface area contributed by atoms with E-state index in [1.807, 2.05) is 0 Å². The zero-order valence-corrected chi connectivity index (χ0v) is 9.69. The highest BCUT2D eigenvalue weighted by atomic mass is 16.4. The van der Waals surface area contributed by atoms with E-state index in [9.17, 15) is 9.59 Å². The average Bonchev–Trinajstić information content (AvgIpc) is 2.24. The molecule has 0 aliphatic heterocycles. The van der Waals surface area contributed by atoms with Gasteiger partial charge in [0.2, 0.25) is 0 Å². The largest absolute Gasteiger partial charge is 0.480 e. The summed E-state index contributed by atoms with van der Waals surface area (Å²) in [6, 6.07) is -1.31. The topological polar surface area (TPSA) is 81.7 Å². The SMILES string of the molecule is C=CCC(NC(=O)N(C)CCNC)C(=O)O. The van der Waals surface area contributed by atoms with Gasteiger partial charge in [-0.05, 0) is 13.5 Å². The van der Waals surface area contributed by atoms with Gasteiger partial charge in [0.05, 0.1) is 0 Å². The molecule has 0 spiro atoms. The van der Waals surface area contributed by atoms with Crippen LogP contribution in [0.3, 0.4) is 0 Å². The Kier molecular flexibility index (Phi) is 6.95. The quantitative estimate of drug-likeness (QED) is 0.531. The predicted octanol–water partition coefficient (Wildman–Crippen LogP) is -0.123. The van der Waals surface area contributed by atoms with Gasteiger partial charge in [0.25, 0.3) is 0 Å². The highest BCUT2D eigenvalue weighted by molar-refractivity contribution is 5.82. The summed E-state index contributed by atoms with van der Waals surface area (Å²) in [5.74, 6) is -1.06. The Hall–Kier alpha value is -1.56. The van der Waals surface area contributed by atoms with Crippen LogP contribution >= 0.6 is 0 Å². The van der Waals surface area contributed by atoms with Crippen molar-refractivity contribution in [3.63, 3.8) is 0 Å². The number of amides is 2. The molecule has 6 heteroatoms. The zero-order valence-electron chi connectivity index (χ0n) is 9.69. The lowest BCUT2D eigenvalue weighted by molar-refractivity contribution is -0.139. The van der Waals surface area contributed by atoms with Gasteiger partial charge in [0.15, 0.2) is 0 Å². The Balaban J connectivity index is 4.17. The van der Waals surface area contributed by atoms with E-state index in [-0.39, 0.29) is 6.42 Å². The zero-order chi connectivity index (χ0) is 12.6. The number of urea groups is 1. The number of aliphatic carboxylic acids is 1. The first-order valence-electron chi connectivity index (χ1n) is 5.02. The number of carbonyl (C=O) groups is 2. The van der Waals surface area contributed by atoms with E-state index in [1.54, 1.807) is 14.1 Å². The van der Waals surface area contributed by atoms with Gasteiger partial charge in [0.1, 0.15) is 6.04 Å². The van der Waals surface area contributed by atoms with Crippen molar-refractivity contribution in [2.45, 2.75) is 12.5 Å². The normalized spacial score (nSPS) is 11.6. The Morgan fingerprint density at radius 1 is 1.56 bits per heavy atom. The first-order valence-corrected chi connectivity index (χ1v) is 5.02. The molecule has 0 aromatic rings. The fourth-order valence-corrected chi connectivity index (χ4v) is 1.03. The minimum absolute atomic E-state index is 0.209. The molecule has 3 N–H and O–H groups in total. The number of carboxylic acids is 1. The summed E-state index contributed by atoms with van der Waals surface area (Å²) in [6.45, 7) is 4.62. The van der Waals surface area contributed by atoms with Crippen LogP contribution in [0.2, 0.25) is 0 Å². The third-order valence-corrected chi connectivity index (χ3v) is 2.04. The van der Waals surface area contributed by atoms with Crippen LogP contribution < -0.4 is 10.6 Å². The van der Waals surface area contributed by atoms with Crippen molar-refractivity contribution in [2.24, 2.45) is 0 Å². The van der Waals surface area contributed by atoms with Gasteiger partial charge in [0, 0.05) is 20.1 Å². The lowest BCUT2D eigenvalue weighted by Crippen LogP contribution is -2.47. The number of carboxylic acid groups (broad SMARTS) is 1. The maximum Gasteiger partial charge on any atom is 0.326 e. The van der Waals surface area contributed by atoms with E-state index in [1.165, 1.54) is 11.0 Å². The fraction of sp³-hybridized carbons (Fsp3) is 0.600. The van der Waals surface area contributed by atoms with Gasteiger partial charge >= 0.3 is 12.0 Å². The molecule has 0 rings (SSSR count). The van der Waals surface area contributed by atoms with Crippen LogP contribution in [0.4, 0.5) is 4.79 Å². The molecule has 0 bridgehead atoms. The molecule has 0 aromatic carbocycles. The summed E-state index contributed by atoms with van der Waals surface area (Å²) in [5, 5.41) is 14.1. The molecular formula is C10H19N3O3. The number of nitrogens with zero attached hydrogens (tertiary/aromatic N) is 1. The van der Waals surface area contributed by atoms with E-state index in [2.05, 4.69) is 17.2 Å². The number of rotatable bonds is 7. The van der Waals surface area contributed by atoms with Crippen molar-refractivity contribution in [3.8, 4) is 0 Å². The Bertz CT molecular complexity index is 256. The Morgan fingerprint density at radius 2 is 2.19 bits per heavy atom. The molecule has 0 radical (unpaired) electrons. The molecule has 2 amide bonds. The maximum atomic E-state index is 11.5. The molecule has 16 heavy (non-hydrogen) atoms. The standard InChI is InChI=1S/C10H19N3O3/c1-4-5-8(9(14)15)12-10(16)13(3)7-6-11-2/h4,8,11H,1,5-7H2,2-3H3,(H,12,16)(H,14,15). The van der Waals surface area contributed by atoms with Gasteiger partial charge in [-0.25, -0.2) is 9.59 Å². The van der Waals surface area contributed by atoms with Crippen LogP contribution in [0.5, 0.6) is 0 Å². The second kappa shape index (κ2) is 7.70. The van der Waals surface area contributed by atoms with Crippen molar-refractivity contribution in [1.82, 2.24) is 15.5 Å². The maximum absolute atomic E-state index is 11.5. The molecule has 1 unspecified atom stereocenters. The van der Waals surface area contributed by atoms with Crippen LogP contribution in [-0.2, 0) is 4.79 Å². The summed E-state index contributed by atoms with van der Waals surface area (Å²) in [4.78, 5) is 23.7. The third-order valence-electron chi connectivity index (χ3n) is 2.04. The lowest BCUT2D eigenvalue weighted by Gasteiger charge is -2.20. The van der Waals surface area contributed by atoms with Crippen molar-refractivity contribution >= 4 is 12.0 Å². The lowest BCUT2D eigenvalue weighted by atomic mass is 10.2. The molecule has 1 atom stereocenters. The van der Waals surface area contributed by atoms with Crippen LogP contribution in [0.1, 0.15) is 6.42 Å². The molecule has 92 valence electrons. The predicted molar refractivity (Wildman–Crippen MR) is 61.3 cm³/mol. The number of likely N-dealkylation sites (N-methyl/N-ethyl adjacent to an activating group) is 2. The fourth-order valence-electron chi connectivity index (χ4n) is 1.03. The first kappa shape index (κ1) is 14.4. The number of nitrogens with one attached hydrogen (secondary N) is 2. The van der Waals surface area contributed by atoms with Gasteiger partial charge in [-0.15, -0.1) is 6.58 Å². The van der Waals surface area contributed by atoms with E-state index >= 15 is 0 Å². The van der Waals surface area contributed by atoms with E-state index in [0.29, 0.717) is 13.1 Å². The monoisotopic (exact) mass is 229 g/mol. The van der Waals surface area contributed by atoms with E-state index < -0.39 is 18.0 Å².